The molecule has 0 saturated carbocycles. The molecule has 0 unspecified atom stereocenters. The normalized spacial score (nSPS) is 15.1. The molecule has 0 bridgehead atoms. The summed E-state index contributed by atoms with van der Waals surface area (Å²) in [6.45, 7) is 3.25. The Kier molecular flexibility index (Phi) is 4.04. The molecule has 1 aliphatic rings. The predicted octanol–water partition coefficient (Wildman–Crippen LogP) is 3.08. The highest BCUT2D eigenvalue weighted by Gasteiger charge is 2.13. The van der Waals surface area contributed by atoms with E-state index in [1.807, 2.05) is 41.8 Å². The van der Waals surface area contributed by atoms with Gasteiger partial charge in [-0.1, -0.05) is 18.6 Å². The summed E-state index contributed by atoms with van der Waals surface area (Å²) in [4.78, 5) is 17.3. The summed E-state index contributed by atoms with van der Waals surface area (Å²) in [5.41, 5.74) is 0.833. The Labute approximate surface area is 124 Å². The van der Waals surface area contributed by atoms with E-state index >= 15 is 0 Å². The second-order valence-corrected chi connectivity index (χ2v) is 5.35. The first-order valence-corrected chi connectivity index (χ1v) is 7.57. The lowest BCUT2D eigenvalue weighted by atomic mass is 10.2. The zero-order chi connectivity index (χ0) is 14.7. The van der Waals surface area contributed by atoms with Crippen molar-refractivity contribution in [2.45, 2.75) is 39.2 Å². The van der Waals surface area contributed by atoms with E-state index in [0.717, 1.165) is 43.6 Å². The van der Waals surface area contributed by atoms with Gasteiger partial charge in [-0.15, -0.1) is 0 Å². The molecular weight excluding hydrogens is 264 g/mol. The Morgan fingerprint density at radius 2 is 2.24 bits per heavy atom. The van der Waals surface area contributed by atoms with Gasteiger partial charge in [0.05, 0.1) is 10.9 Å². The summed E-state index contributed by atoms with van der Waals surface area (Å²) < 4.78 is 7.45. The van der Waals surface area contributed by atoms with Gasteiger partial charge in [0.15, 0.2) is 0 Å². The van der Waals surface area contributed by atoms with Gasteiger partial charge in [-0.2, -0.15) is 0 Å². The van der Waals surface area contributed by atoms with Gasteiger partial charge in [0.1, 0.15) is 18.2 Å². The van der Waals surface area contributed by atoms with Crippen molar-refractivity contribution in [2.24, 2.45) is 0 Å². The quantitative estimate of drug-likeness (QED) is 0.814. The van der Waals surface area contributed by atoms with Crippen molar-refractivity contribution in [1.29, 1.82) is 0 Å². The molecule has 110 valence electrons. The van der Waals surface area contributed by atoms with Crippen LogP contribution in [0.2, 0.25) is 0 Å². The Balaban J connectivity index is 2.04. The molecule has 1 aliphatic heterocycles. The summed E-state index contributed by atoms with van der Waals surface area (Å²) in [7, 11) is 0. The second-order valence-electron chi connectivity index (χ2n) is 5.35. The van der Waals surface area contributed by atoms with Crippen LogP contribution in [0.4, 0.5) is 0 Å². The average Bonchev–Trinajstić information content (AvgIpc) is 2.74. The number of aromatic nitrogens is 2. The van der Waals surface area contributed by atoms with E-state index in [-0.39, 0.29) is 5.56 Å². The number of fused-ring (bicyclic) bond motifs is 2. The molecule has 0 N–H and O–H groups in total. The van der Waals surface area contributed by atoms with Crippen molar-refractivity contribution in [2.75, 3.05) is 6.61 Å². The molecule has 0 aliphatic carbocycles. The van der Waals surface area contributed by atoms with Crippen LogP contribution in [0.25, 0.3) is 10.9 Å². The van der Waals surface area contributed by atoms with Gasteiger partial charge < -0.3 is 4.74 Å². The number of hydrogen-bond acceptors (Lipinski definition) is 3. The van der Waals surface area contributed by atoms with Crippen LogP contribution in [0.15, 0.2) is 35.1 Å². The first kappa shape index (κ1) is 13.9. The fraction of sp³-hybridized carbons (Fsp3) is 0.412. The lowest BCUT2D eigenvalue weighted by Gasteiger charge is -2.11. The average molecular weight is 284 g/mol. The molecule has 0 fully saturated rings. The lowest BCUT2D eigenvalue weighted by molar-refractivity contribution is 0.363. The maximum atomic E-state index is 12.7. The van der Waals surface area contributed by atoms with Crippen molar-refractivity contribution in [3.63, 3.8) is 0 Å². The van der Waals surface area contributed by atoms with E-state index in [1.54, 1.807) is 0 Å². The molecule has 0 saturated heterocycles. The predicted molar refractivity (Wildman–Crippen MR) is 83.9 cm³/mol. The Hall–Kier alpha value is -2.10. The van der Waals surface area contributed by atoms with Crippen molar-refractivity contribution in [1.82, 2.24) is 9.55 Å². The Morgan fingerprint density at radius 3 is 3.10 bits per heavy atom. The van der Waals surface area contributed by atoms with E-state index in [0.29, 0.717) is 17.7 Å². The molecule has 0 radical (unpaired) electrons. The van der Waals surface area contributed by atoms with Crippen LogP contribution in [0.1, 0.15) is 32.0 Å². The second kappa shape index (κ2) is 6.12. The SMILES string of the molecule is CC=CCOc1ccc2nc3n(c(=O)c2c1)CCCCC3. The molecule has 4 heteroatoms. The Bertz CT molecular complexity index is 731. The zero-order valence-electron chi connectivity index (χ0n) is 12.3. The third kappa shape index (κ3) is 2.84. The first-order valence-electron chi connectivity index (χ1n) is 7.57. The largest absolute Gasteiger partial charge is 0.490 e. The molecule has 4 nitrogen and oxygen atoms in total. The summed E-state index contributed by atoms with van der Waals surface area (Å²) >= 11 is 0. The van der Waals surface area contributed by atoms with Crippen molar-refractivity contribution in [3.8, 4) is 5.75 Å². The number of nitrogens with zero attached hydrogens (tertiary/aromatic N) is 2. The Morgan fingerprint density at radius 1 is 1.33 bits per heavy atom. The number of hydrogen-bond donors (Lipinski definition) is 0. The number of ether oxygens (including phenoxy) is 1. The van der Waals surface area contributed by atoms with E-state index in [4.69, 9.17) is 4.74 Å². The minimum absolute atomic E-state index is 0.0633. The fourth-order valence-electron chi connectivity index (χ4n) is 2.73. The van der Waals surface area contributed by atoms with Crippen molar-refractivity contribution < 1.29 is 4.74 Å². The highest BCUT2D eigenvalue weighted by Crippen LogP contribution is 2.19. The van der Waals surface area contributed by atoms with Crippen molar-refractivity contribution in [3.05, 3.63) is 46.5 Å². The van der Waals surface area contributed by atoms with Crippen LogP contribution >= 0.6 is 0 Å². The highest BCUT2D eigenvalue weighted by atomic mass is 16.5. The molecule has 0 amide bonds. The summed E-state index contributed by atoms with van der Waals surface area (Å²) in [6, 6.07) is 5.58. The third-order valence-electron chi connectivity index (χ3n) is 3.87. The minimum atomic E-state index is 0.0633. The van der Waals surface area contributed by atoms with Crippen LogP contribution in [0, 0.1) is 0 Å². The van der Waals surface area contributed by atoms with Gasteiger partial charge in [-0.05, 0) is 38.0 Å². The molecule has 21 heavy (non-hydrogen) atoms. The topological polar surface area (TPSA) is 44.1 Å². The third-order valence-corrected chi connectivity index (χ3v) is 3.87. The van der Waals surface area contributed by atoms with Crippen LogP contribution < -0.4 is 10.3 Å². The molecule has 3 rings (SSSR count). The van der Waals surface area contributed by atoms with Gasteiger partial charge in [0.2, 0.25) is 0 Å². The molecule has 1 aromatic carbocycles. The van der Waals surface area contributed by atoms with Crippen LogP contribution in [-0.2, 0) is 13.0 Å². The number of allylic oxidation sites excluding steroid dienone is 1. The first-order chi connectivity index (χ1) is 10.3. The summed E-state index contributed by atoms with van der Waals surface area (Å²) in [5.74, 6) is 1.64. The monoisotopic (exact) mass is 284 g/mol. The molecule has 1 aromatic heterocycles. The standard InChI is InChI=1S/C17H20N2O2/c1-2-3-11-21-13-8-9-15-14(12-13)17(20)19-10-6-4-5-7-16(19)18-15/h2-3,8-9,12H,4-7,10-11H2,1H3. The zero-order valence-corrected chi connectivity index (χ0v) is 12.3. The maximum absolute atomic E-state index is 12.7. The van der Waals surface area contributed by atoms with Crippen LogP contribution in [0.3, 0.4) is 0 Å². The minimum Gasteiger partial charge on any atom is -0.490 e. The van der Waals surface area contributed by atoms with Crippen molar-refractivity contribution >= 4 is 10.9 Å². The van der Waals surface area contributed by atoms with Gasteiger partial charge >= 0.3 is 0 Å². The van der Waals surface area contributed by atoms with Crippen LogP contribution in [-0.4, -0.2) is 16.2 Å². The van der Waals surface area contributed by atoms with Gasteiger partial charge in [-0.3, -0.25) is 9.36 Å². The van der Waals surface area contributed by atoms with Gasteiger partial charge in [0.25, 0.3) is 5.56 Å². The number of rotatable bonds is 3. The summed E-state index contributed by atoms with van der Waals surface area (Å²) in [5, 5.41) is 0.652. The van der Waals surface area contributed by atoms with E-state index in [1.165, 1.54) is 0 Å². The molecular formula is C17H20N2O2. The van der Waals surface area contributed by atoms with Gasteiger partial charge in [-0.25, -0.2) is 4.98 Å². The number of aryl methyl sites for hydroxylation is 1. The van der Waals surface area contributed by atoms with Gasteiger partial charge in [0, 0.05) is 13.0 Å². The molecule has 2 aromatic rings. The maximum Gasteiger partial charge on any atom is 0.261 e. The van der Waals surface area contributed by atoms with E-state index < -0.39 is 0 Å². The van der Waals surface area contributed by atoms with E-state index in [2.05, 4.69) is 4.98 Å². The molecule has 0 spiro atoms. The molecule has 2 heterocycles. The fourth-order valence-corrected chi connectivity index (χ4v) is 2.73. The smallest absolute Gasteiger partial charge is 0.261 e. The lowest BCUT2D eigenvalue weighted by Crippen LogP contribution is -2.24. The highest BCUT2D eigenvalue weighted by molar-refractivity contribution is 5.79. The van der Waals surface area contributed by atoms with E-state index in [9.17, 15) is 4.79 Å². The number of benzene rings is 1. The van der Waals surface area contributed by atoms with Crippen LogP contribution in [0.5, 0.6) is 5.75 Å². The molecule has 0 atom stereocenters. The summed E-state index contributed by atoms with van der Waals surface area (Å²) in [6.07, 6.45) is 8.10.